The predicted octanol–water partition coefficient (Wildman–Crippen LogP) is 2.09. The zero-order chi connectivity index (χ0) is 13.7. The number of thiophene rings is 1. The lowest BCUT2D eigenvalue weighted by Gasteiger charge is -2.25. The SMILES string of the molecule is CC1OCCC1N(C)Cc1cc(C#CCCO)cs1. The first-order valence-corrected chi connectivity index (χ1v) is 7.57. The maximum Gasteiger partial charge on any atom is 0.0703 e. The highest BCUT2D eigenvalue weighted by Gasteiger charge is 2.27. The Labute approximate surface area is 119 Å². The average molecular weight is 279 g/mol. The molecule has 1 aliphatic heterocycles. The van der Waals surface area contributed by atoms with Crippen LogP contribution in [-0.2, 0) is 11.3 Å². The number of hydrogen-bond acceptors (Lipinski definition) is 4. The van der Waals surface area contributed by atoms with Gasteiger partial charge in [0.05, 0.1) is 12.7 Å². The molecule has 0 radical (unpaired) electrons. The summed E-state index contributed by atoms with van der Waals surface area (Å²) in [4.78, 5) is 3.70. The molecular formula is C15H21NO2S. The van der Waals surface area contributed by atoms with Crippen molar-refractivity contribution >= 4 is 11.3 Å². The topological polar surface area (TPSA) is 32.7 Å². The molecule has 1 saturated heterocycles. The van der Waals surface area contributed by atoms with Crippen LogP contribution < -0.4 is 0 Å². The monoisotopic (exact) mass is 279 g/mol. The van der Waals surface area contributed by atoms with Crippen LogP contribution in [0.2, 0.25) is 0 Å². The lowest BCUT2D eigenvalue weighted by molar-refractivity contribution is 0.0817. The average Bonchev–Trinajstić information content (AvgIpc) is 2.99. The van der Waals surface area contributed by atoms with Gasteiger partial charge in [-0.2, -0.15) is 0 Å². The third-order valence-electron chi connectivity index (χ3n) is 3.43. The summed E-state index contributed by atoms with van der Waals surface area (Å²) in [6.07, 6.45) is 1.99. The van der Waals surface area contributed by atoms with Crippen molar-refractivity contribution in [2.24, 2.45) is 0 Å². The molecule has 2 unspecified atom stereocenters. The Hall–Kier alpha value is -0.860. The van der Waals surface area contributed by atoms with Crippen LogP contribution in [0.1, 0.15) is 30.2 Å². The molecule has 1 aromatic heterocycles. The van der Waals surface area contributed by atoms with Crippen molar-refractivity contribution < 1.29 is 9.84 Å². The molecule has 0 bridgehead atoms. The van der Waals surface area contributed by atoms with Crippen molar-refractivity contribution in [1.82, 2.24) is 4.90 Å². The van der Waals surface area contributed by atoms with Crippen LogP contribution in [0.3, 0.4) is 0 Å². The van der Waals surface area contributed by atoms with E-state index in [4.69, 9.17) is 9.84 Å². The molecule has 0 amide bonds. The number of rotatable bonds is 4. The van der Waals surface area contributed by atoms with E-state index < -0.39 is 0 Å². The van der Waals surface area contributed by atoms with Gasteiger partial charge >= 0.3 is 0 Å². The van der Waals surface area contributed by atoms with Gasteiger partial charge in [-0.3, -0.25) is 4.90 Å². The van der Waals surface area contributed by atoms with Gasteiger partial charge in [0.15, 0.2) is 0 Å². The first-order chi connectivity index (χ1) is 9.20. The molecule has 2 heterocycles. The van der Waals surface area contributed by atoms with E-state index in [9.17, 15) is 0 Å². The Bertz CT molecular complexity index is 460. The minimum atomic E-state index is 0.131. The fourth-order valence-corrected chi connectivity index (χ4v) is 3.29. The zero-order valence-corrected chi connectivity index (χ0v) is 12.4. The summed E-state index contributed by atoms with van der Waals surface area (Å²) in [6, 6.07) is 2.66. The number of nitrogens with zero attached hydrogens (tertiary/aromatic N) is 1. The van der Waals surface area contributed by atoms with Crippen molar-refractivity contribution in [3.05, 3.63) is 21.9 Å². The first-order valence-electron chi connectivity index (χ1n) is 6.69. The van der Waals surface area contributed by atoms with Gasteiger partial charge < -0.3 is 9.84 Å². The minimum Gasteiger partial charge on any atom is -0.395 e. The highest BCUT2D eigenvalue weighted by molar-refractivity contribution is 7.10. The molecule has 19 heavy (non-hydrogen) atoms. The smallest absolute Gasteiger partial charge is 0.0703 e. The summed E-state index contributed by atoms with van der Waals surface area (Å²) >= 11 is 1.75. The summed E-state index contributed by atoms with van der Waals surface area (Å²) in [5.74, 6) is 6.03. The first kappa shape index (κ1) is 14.5. The minimum absolute atomic E-state index is 0.131. The number of likely N-dealkylation sites (N-methyl/N-ethyl adjacent to an activating group) is 1. The van der Waals surface area contributed by atoms with Crippen molar-refractivity contribution in [1.29, 1.82) is 0 Å². The van der Waals surface area contributed by atoms with E-state index in [-0.39, 0.29) is 6.61 Å². The van der Waals surface area contributed by atoms with Crippen LogP contribution in [0.25, 0.3) is 0 Å². The standard InChI is InChI=1S/C15H21NO2S/c1-12-15(6-8-18-12)16(2)10-14-9-13(11-19-14)5-3-4-7-17/h9,11-12,15,17H,4,6-8,10H2,1-2H3. The molecule has 3 nitrogen and oxygen atoms in total. The highest BCUT2D eigenvalue weighted by atomic mass is 32.1. The maximum atomic E-state index is 8.70. The molecule has 1 aromatic rings. The van der Waals surface area contributed by atoms with Crippen molar-refractivity contribution in [2.75, 3.05) is 20.3 Å². The molecule has 0 aliphatic carbocycles. The largest absolute Gasteiger partial charge is 0.395 e. The number of aliphatic hydroxyl groups excluding tert-OH is 1. The summed E-state index contributed by atoms with van der Waals surface area (Å²) in [5.41, 5.74) is 1.05. The number of hydrogen-bond donors (Lipinski definition) is 1. The second kappa shape index (κ2) is 7.06. The highest BCUT2D eigenvalue weighted by Crippen LogP contribution is 2.22. The van der Waals surface area contributed by atoms with Gasteiger partial charge in [-0.15, -0.1) is 11.3 Å². The van der Waals surface area contributed by atoms with Crippen LogP contribution in [0.4, 0.5) is 0 Å². The van der Waals surface area contributed by atoms with Gasteiger partial charge in [0, 0.05) is 41.4 Å². The molecule has 0 spiro atoms. The van der Waals surface area contributed by atoms with E-state index in [2.05, 4.69) is 42.2 Å². The lowest BCUT2D eigenvalue weighted by Crippen LogP contribution is -2.35. The van der Waals surface area contributed by atoms with E-state index in [1.165, 1.54) is 4.88 Å². The van der Waals surface area contributed by atoms with Crippen LogP contribution in [0, 0.1) is 11.8 Å². The Balaban J connectivity index is 1.91. The van der Waals surface area contributed by atoms with E-state index in [1.54, 1.807) is 11.3 Å². The van der Waals surface area contributed by atoms with Gasteiger partial charge in [0.2, 0.25) is 0 Å². The molecule has 1 N–H and O–H groups in total. The Morgan fingerprint density at radius 2 is 2.42 bits per heavy atom. The molecule has 1 fully saturated rings. The van der Waals surface area contributed by atoms with E-state index in [1.807, 2.05) is 0 Å². The summed E-state index contributed by atoms with van der Waals surface area (Å²) in [5, 5.41) is 10.8. The lowest BCUT2D eigenvalue weighted by atomic mass is 10.1. The maximum absolute atomic E-state index is 8.70. The van der Waals surface area contributed by atoms with Gasteiger partial charge in [-0.25, -0.2) is 0 Å². The van der Waals surface area contributed by atoms with Crippen molar-refractivity contribution in [3.63, 3.8) is 0 Å². The quantitative estimate of drug-likeness (QED) is 0.857. The van der Waals surface area contributed by atoms with Gasteiger partial charge in [0.25, 0.3) is 0 Å². The van der Waals surface area contributed by atoms with Crippen molar-refractivity contribution in [3.8, 4) is 11.8 Å². The third-order valence-corrected chi connectivity index (χ3v) is 4.35. The fourth-order valence-electron chi connectivity index (χ4n) is 2.41. The van der Waals surface area contributed by atoms with Crippen LogP contribution >= 0.6 is 11.3 Å². The third kappa shape index (κ3) is 4.05. The van der Waals surface area contributed by atoms with Crippen molar-refractivity contribution in [2.45, 2.75) is 38.5 Å². The second-order valence-corrected chi connectivity index (χ2v) is 5.92. The Morgan fingerprint density at radius 3 is 3.11 bits per heavy atom. The van der Waals surface area contributed by atoms with Gasteiger partial charge in [0.1, 0.15) is 0 Å². The molecule has 1 aliphatic rings. The van der Waals surface area contributed by atoms with Crippen LogP contribution in [-0.4, -0.2) is 42.4 Å². The van der Waals surface area contributed by atoms with Gasteiger partial charge in [-0.05, 0) is 26.5 Å². The number of aliphatic hydroxyl groups is 1. The van der Waals surface area contributed by atoms with E-state index >= 15 is 0 Å². The molecular weight excluding hydrogens is 258 g/mol. The normalized spacial score (nSPS) is 22.5. The molecule has 4 heteroatoms. The molecule has 104 valence electrons. The van der Waals surface area contributed by atoms with E-state index in [0.29, 0.717) is 18.6 Å². The summed E-state index contributed by atoms with van der Waals surface area (Å²) in [7, 11) is 2.16. The second-order valence-electron chi connectivity index (χ2n) is 4.92. The Kier molecular flexibility index (Phi) is 5.41. The van der Waals surface area contributed by atoms with Crippen LogP contribution in [0.15, 0.2) is 11.4 Å². The predicted molar refractivity (Wildman–Crippen MR) is 78.2 cm³/mol. The van der Waals surface area contributed by atoms with Crippen LogP contribution in [0.5, 0.6) is 0 Å². The van der Waals surface area contributed by atoms with E-state index in [0.717, 1.165) is 25.1 Å². The number of ether oxygens (including phenoxy) is 1. The zero-order valence-electron chi connectivity index (χ0n) is 11.6. The fraction of sp³-hybridized carbons (Fsp3) is 0.600. The molecule has 2 atom stereocenters. The Morgan fingerprint density at radius 1 is 1.58 bits per heavy atom. The molecule has 2 rings (SSSR count). The van der Waals surface area contributed by atoms with Gasteiger partial charge in [-0.1, -0.05) is 11.8 Å². The molecule has 0 saturated carbocycles. The molecule has 0 aromatic carbocycles. The summed E-state index contributed by atoms with van der Waals surface area (Å²) < 4.78 is 5.61. The summed E-state index contributed by atoms with van der Waals surface area (Å²) in [6.45, 7) is 4.10.